The first-order valence-corrected chi connectivity index (χ1v) is 21.5. The highest BCUT2D eigenvalue weighted by molar-refractivity contribution is 7.53. The van der Waals surface area contributed by atoms with E-state index in [1.807, 2.05) is 0 Å². The molecule has 0 saturated carbocycles. The van der Waals surface area contributed by atoms with Gasteiger partial charge in [0.25, 0.3) is 0 Å². The van der Waals surface area contributed by atoms with Crippen LogP contribution in [0.15, 0.2) is 121 Å². The summed E-state index contributed by atoms with van der Waals surface area (Å²) >= 11 is 5.22. The highest BCUT2D eigenvalue weighted by atomic mass is 35.5. The van der Waals surface area contributed by atoms with Gasteiger partial charge < -0.3 is 11.5 Å². The van der Waals surface area contributed by atoms with Crippen molar-refractivity contribution in [2.75, 3.05) is 51.3 Å². The van der Waals surface area contributed by atoms with Gasteiger partial charge >= 0.3 is 0 Å². The van der Waals surface area contributed by atoms with Crippen molar-refractivity contribution in [2.24, 2.45) is 11.5 Å². The lowest BCUT2D eigenvalue weighted by Crippen LogP contribution is -2.23. The molecule has 2 fully saturated rings. The fourth-order valence-electron chi connectivity index (χ4n) is 6.61. The lowest BCUT2D eigenvalue weighted by Gasteiger charge is -2.37. The van der Waals surface area contributed by atoms with Crippen molar-refractivity contribution in [1.82, 2.24) is 18.7 Å². The van der Waals surface area contributed by atoms with Crippen LogP contribution in [0.5, 0.6) is 0 Å². The molecule has 0 radical (unpaired) electrons. The van der Waals surface area contributed by atoms with Crippen molar-refractivity contribution in [3.05, 3.63) is 144 Å². The number of rotatable bonds is 13. The molecule has 0 aliphatic carbocycles. The molecule has 9 heteroatoms. The Morgan fingerprint density at radius 1 is 0.529 bits per heavy atom. The molecular weight excluding hydrogens is 686 g/mol. The molecule has 2 aliphatic heterocycles. The van der Waals surface area contributed by atoms with Gasteiger partial charge in [0.15, 0.2) is 0 Å². The Hall–Kier alpha value is -2.21. The molecule has 4 N–H and O–H groups in total. The van der Waals surface area contributed by atoms with Crippen molar-refractivity contribution < 1.29 is 0 Å². The largest absolute Gasteiger partial charge is 0.330 e. The summed E-state index contributed by atoms with van der Waals surface area (Å²) in [7, 11) is 0.452. The molecule has 2 heterocycles. The van der Waals surface area contributed by atoms with Crippen molar-refractivity contribution >= 4 is 28.7 Å². The van der Waals surface area contributed by atoms with Gasteiger partial charge in [0, 0.05) is 73.3 Å². The first kappa shape index (κ1) is 41.5. The van der Waals surface area contributed by atoms with Gasteiger partial charge in [0.05, 0.1) is 0 Å². The molecule has 6 nitrogen and oxygen atoms in total. The minimum absolute atomic E-state index is 0.317. The minimum atomic E-state index is -0.317. The topological polar surface area (TPSA) is 65.0 Å². The van der Waals surface area contributed by atoms with E-state index in [0.29, 0.717) is 36.6 Å². The van der Waals surface area contributed by atoms with Crippen LogP contribution >= 0.6 is 28.7 Å². The Kier molecular flexibility index (Phi) is 18.5. The van der Waals surface area contributed by atoms with Crippen molar-refractivity contribution in [1.29, 1.82) is 0 Å². The maximum Gasteiger partial charge on any atom is 0.0407 e. The minimum Gasteiger partial charge on any atom is -0.330 e. The molecule has 2 saturated heterocycles. The SMILES string of the molecule is C[C@@H](c1ccccc1)N1CCN([C@@H](C)c2ccccc2)P1.C[C@@H](c1ccccc1)N1CCN([C@@H](C)c2ccccc2)P1CCCN.NCCCCl. The van der Waals surface area contributed by atoms with Crippen LogP contribution in [0.25, 0.3) is 0 Å². The van der Waals surface area contributed by atoms with Crippen LogP contribution in [0.3, 0.4) is 0 Å². The highest BCUT2D eigenvalue weighted by Gasteiger charge is 2.37. The second kappa shape index (κ2) is 22.8. The molecule has 0 bridgehead atoms. The fourth-order valence-corrected chi connectivity index (χ4v) is 11.1. The van der Waals surface area contributed by atoms with Crippen LogP contribution < -0.4 is 11.5 Å². The van der Waals surface area contributed by atoms with Crippen LogP contribution in [-0.2, 0) is 0 Å². The number of hydrogen-bond donors (Lipinski definition) is 2. The van der Waals surface area contributed by atoms with E-state index < -0.39 is 0 Å². The van der Waals surface area contributed by atoms with E-state index in [-0.39, 0.29) is 8.22 Å². The van der Waals surface area contributed by atoms with Crippen molar-refractivity contribution in [3.63, 3.8) is 0 Å². The third-order valence-electron chi connectivity index (χ3n) is 9.85. The molecule has 0 aromatic heterocycles. The third-order valence-corrected chi connectivity index (χ3v) is 14.8. The third kappa shape index (κ3) is 12.4. The first-order valence-electron chi connectivity index (χ1n) is 18.7. The second-order valence-corrected chi connectivity index (χ2v) is 17.2. The first-order chi connectivity index (χ1) is 24.9. The molecule has 0 unspecified atom stereocenters. The summed E-state index contributed by atoms with van der Waals surface area (Å²) in [5.41, 5.74) is 16.6. The average Bonchev–Trinajstić information content (AvgIpc) is 3.86. The Balaban J connectivity index is 0.000000204. The standard InChI is InChI=1S/C21H30N3P.C18H23N2P.C3H8ClN/c1-18(20-10-5-3-6-11-20)23-15-16-24(25(23)17-9-14-22)19(2)21-12-7-4-8-13-21;1-15(17-9-5-3-6-10-17)19-13-14-20(21-19)16(2)18-11-7-4-8-12-18;4-2-1-3-5/h3-8,10-13,18-19H,9,14-17,22H2,1-2H3;3-12,15-16,21H,13-14H2,1-2H3;1-3,5H2/t18-,19-;15-,16-;/m00./s1. The van der Waals surface area contributed by atoms with E-state index in [9.17, 15) is 0 Å². The van der Waals surface area contributed by atoms with E-state index in [0.717, 1.165) is 54.4 Å². The average molecular weight is 747 g/mol. The van der Waals surface area contributed by atoms with Gasteiger partial charge in [-0.15, -0.1) is 11.6 Å². The number of nitrogens with zero attached hydrogens (tertiary/aromatic N) is 4. The van der Waals surface area contributed by atoms with Crippen molar-refractivity contribution in [3.8, 4) is 0 Å². The summed E-state index contributed by atoms with van der Waals surface area (Å²) in [4.78, 5) is 0. The van der Waals surface area contributed by atoms with Crippen molar-refractivity contribution in [2.45, 2.75) is 64.7 Å². The van der Waals surface area contributed by atoms with Gasteiger partial charge in [0.1, 0.15) is 0 Å². The molecule has 4 aromatic rings. The zero-order valence-corrected chi connectivity index (χ0v) is 33.8. The molecular formula is C42H61ClN6P2. The van der Waals surface area contributed by atoms with Gasteiger partial charge in [-0.2, -0.15) is 0 Å². The Labute approximate surface area is 317 Å². The zero-order valence-electron chi connectivity index (χ0n) is 31.2. The van der Waals surface area contributed by atoms with Crippen LogP contribution in [0.1, 0.15) is 87.0 Å². The zero-order chi connectivity index (χ0) is 36.4. The summed E-state index contributed by atoms with van der Waals surface area (Å²) in [5, 5.41) is 0. The molecule has 0 amide bonds. The predicted molar refractivity (Wildman–Crippen MR) is 224 cm³/mol. The summed E-state index contributed by atoms with van der Waals surface area (Å²) < 4.78 is 10.6. The van der Waals surface area contributed by atoms with Crippen LogP contribution in [0.4, 0.5) is 0 Å². The number of alkyl halides is 1. The predicted octanol–water partition coefficient (Wildman–Crippen LogP) is 10.00. The van der Waals surface area contributed by atoms with E-state index in [1.165, 1.54) is 28.4 Å². The maximum absolute atomic E-state index is 5.85. The summed E-state index contributed by atoms with van der Waals surface area (Å²) in [5.74, 6) is 0.691. The smallest absolute Gasteiger partial charge is 0.0407 e. The van der Waals surface area contributed by atoms with Gasteiger partial charge in [0.2, 0.25) is 0 Å². The fraction of sp³-hybridized carbons (Fsp3) is 0.429. The lowest BCUT2D eigenvalue weighted by atomic mass is 10.1. The summed E-state index contributed by atoms with van der Waals surface area (Å²) in [6, 6.07) is 45.4. The maximum atomic E-state index is 5.85. The quantitative estimate of drug-likeness (QED) is 0.105. The molecule has 4 atom stereocenters. The molecule has 2 aliphatic rings. The molecule has 51 heavy (non-hydrogen) atoms. The normalized spacial score (nSPS) is 18.3. The van der Waals surface area contributed by atoms with E-state index in [2.05, 4.69) is 168 Å². The van der Waals surface area contributed by atoms with Gasteiger partial charge in [-0.3, -0.25) is 18.7 Å². The number of hydrogen-bond acceptors (Lipinski definition) is 6. The van der Waals surface area contributed by atoms with Gasteiger partial charge in [-0.1, -0.05) is 121 Å². The molecule has 4 aromatic carbocycles. The summed E-state index contributed by atoms with van der Waals surface area (Å²) in [6.45, 7) is 15.4. The second-order valence-electron chi connectivity index (χ2n) is 13.2. The highest BCUT2D eigenvalue weighted by Crippen LogP contribution is 2.56. The molecule has 0 spiro atoms. The number of nitrogens with two attached hydrogens (primary N) is 2. The Morgan fingerprint density at radius 2 is 0.863 bits per heavy atom. The van der Waals surface area contributed by atoms with Crippen LogP contribution in [-0.4, -0.2) is 70.0 Å². The van der Waals surface area contributed by atoms with Gasteiger partial charge in [-0.25, -0.2) is 0 Å². The summed E-state index contributed by atoms with van der Waals surface area (Å²) in [6.07, 6.45) is 3.23. The van der Waals surface area contributed by atoms with E-state index >= 15 is 0 Å². The molecule has 276 valence electrons. The monoisotopic (exact) mass is 746 g/mol. The Bertz CT molecular complexity index is 1370. The van der Waals surface area contributed by atoms with E-state index in [4.69, 9.17) is 23.1 Å². The Morgan fingerprint density at radius 3 is 1.16 bits per heavy atom. The van der Waals surface area contributed by atoms with Crippen LogP contribution in [0, 0.1) is 0 Å². The van der Waals surface area contributed by atoms with Crippen LogP contribution in [0.2, 0.25) is 0 Å². The lowest BCUT2D eigenvalue weighted by molar-refractivity contribution is 0.377. The molecule has 6 rings (SSSR count). The number of benzene rings is 4. The van der Waals surface area contributed by atoms with E-state index in [1.54, 1.807) is 0 Å². The van der Waals surface area contributed by atoms with Gasteiger partial charge in [-0.05, 0) is 82.0 Å². The number of halogens is 1.